The van der Waals surface area contributed by atoms with Crippen LogP contribution >= 0.6 is 5.66 Å². The van der Waals surface area contributed by atoms with Crippen molar-refractivity contribution in [2.75, 3.05) is 0 Å². The SMILES string of the molecule is CC(C)n1c(=[Se])n(P(=[Se])(C(C)(C)C)C(C)(C)C)c2ccccc21. The van der Waals surface area contributed by atoms with Gasteiger partial charge in [0.2, 0.25) is 0 Å². The second kappa shape index (κ2) is 6.15. The maximum absolute atomic E-state index is 3.71. The van der Waals surface area contributed by atoms with E-state index < -0.39 is 5.66 Å². The van der Waals surface area contributed by atoms with Gasteiger partial charge in [0.15, 0.2) is 0 Å². The summed E-state index contributed by atoms with van der Waals surface area (Å²) in [6.45, 7) is 18.7. The number of para-hydroxylation sites is 2. The summed E-state index contributed by atoms with van der Waals surface area (Å²) in [6, 6.07) is 9.21. The number of rotatable bonds is 2. The van der Waals surface area contributed by atoms with Crippen LogP contribution in [0.5, 0.6) is 0 Å². The number of benzene rings is 1. The summed E-state index contributed by atoms with van der Waals surface area (Å²) in [5.74, 6) is 0. The van der Waals surface area contributed by atoms with Crippen LogP contribution in [0.3, 0.4) is 0 Å². The predicted octanol–water partition coefficient (Wildman–Crippen LogP) is 5.19. The zero-order chi connectivity index (χ0) is 17.8. The summed E-state index contributed by atoms with van der Waals surface area (Å²) in [4.78, 5) is 0. The van der Waals surface area contributed by atoms with E-state index in [2.05, 4.69) is 119 Å². The molecule has 0 fully saturated rings. The molecule has 0 N–H and O–H groups in total. The van der Waals surface area contributed by atoms with Gasteiger partial charge in [-0.25, -0.2) is 0 Å². The number of hydrogen-bond acceptors (Lipinski definition) is 0. The second-order valence-electron chi connectivity index (χ2n) is 8.46. The normalized spacial score (nSPS) is 14.0. The first-order valence-electron chi connectivity index (χ1n) is 8.17. The van der Waals surface area contributed by atoms with Gasteiger partial charge in [-0.15, -0.1) is 0 Å². The van der Waals surface area contributed by atoms with Gasteiger partial charge in [0.05, 0.1) is 0 Å². The molecule has 0 bridgehead atoms. The van der Waals surface area contributed by atoms with Crippen LogP contribution in [0.15, 0.2) is 24.3 Å². The summed E-state index contributed by atoms with van der Waals surface area (Å²) < 4.78 is 6.26. The third kappa shape index (κ3) is 2.96. The van der Waals surface area contributed by atoms with Crippen LogP contribution in [0.4, 0.5) is 0 Å². The van der Waals surface area contributed by atoms with Crippen molar-refractivity contribution in [1.82, 2.24) is 8.90 Å². The van der Waals surface area contributed by atoms with E-state index >= 15 is 0 Å². The Kier molecular flexibility index (Phi) is 5.21. The fraction of sp³-hybridized carbons (Fsp3) is 0.611. The predicted molar refractivity (Wildman–Crippen MR) is 107 cm³/mol. The summed E-state index contributed by atoms with van der Waals surface area (Å²) in [5, 5.41) is 0.334. The average molecular weight is 462 g/mol. The first-order chi connectivity index (χ1) is 10.3. The molecular weight excluding hydrogens is 433 g/mol. The number of hydrogen-bond donors (Lipinski definition) is 0. The van der Waals surface area contributed by atoms with E-state index in [9.17, 15) is 0 Å². The van der Waals surface area contributed by atoms with Crippen molar-refractivity contribution in [3.63, 3.8) is 0 Å². The fourth-order valence-electron chi connectivity index (χ4n) is 3.53. The van der Waals surface area contributed by atoms with Gasteiger partial charge >= 0.3 is 157 Å². The Labute approximate surface area is 156 Å². The van der Waals surface area contributed by atoms with Gasteiger partial charge in [-0.05, 0) is 0 Å². The number of aromatic nitrogens is 2. The van der Waals surface area contributed by atoms with Crippen molar-refractivity contribution in [3.05, 3.63) is 28.6 Å². The molecule has 1 heterocycles. The molecule has 1 aromatic heterocycles. The van der Waals surface area contributed by atoms with E-state index in [0.29, 0.717) is 6.04 Å². The standard InChI is InChI=1S/C18H29N2PSe2/c1-13(2)19-14-11-9-10-12-15(14)20(16(19)22)21(23,17(3,4)5)18(6,7)8/h9-13H,1-8H3. The van der Waals surface area contributed by atoms with Gasteiger partial charge in [-0.3, -0.25) is 0 Å². The van der Waals surface area contributed by atoms with Gasteiger partial charge in [-0.1, -0.05) is 0 Å². The van der Waals surface area contributed by atoms with Crippen LogP contribution in [0.25, 0.3) is 11.0 Å². The van der Waals surface area contributed by atoms with Gasteiger partial charge in [0.25, 0.3) is 0 Å². The summed E-state index contributed by atoms with van der Waals surface area (Å²) in [6.07, 6.45) is 0. The molecule has 0 saturated carbocycles. The van der Waals surface area contributed by atoms with Crippen molar-refractivity contribution in [2.45, 2.75) is 71.7 Å². The van der Waals surface area contributed by atoms with E-state index in [1.54, 1.807) is 0 Å². The molecule has 0 aliphatic carbocycles. The summed E-state index contributed by atoms with van der Waals surface area (Å²) in [5.41, 5.74) is 0.984. The van der Waals surface area contributed by atoms with Crippen molar-refractivity contribution in [2.24, 2.45) is 0 Å². The number of imidazole rings is 1. The number of fused-ring (bicyclic) bond motifs is 1. The van der Waals surface area contributed by atoms with Crippen LogP contribution in [0.1, 0.15) is 61.4 Å². The Hall–Kier alpha value is 0.159. The quantitative estimate of drug-likeness (QED) is 0.430. The zero-order valence-electron chi connectivity index (χ0n) is 15.5. The van der Waals surface area contributed by atoms with Gasteiger partial charge in [0, 0.05) is 0 Å². The third-order valence-electron chi connectivity index (χ3n) is 4.37. The molecule has 128 valence electrons. The van der Waals surface area contributed by atoms with E-state index in [1.165, 1.54) is 15.4 Å². The summed E-state index contributed by atoms with van der Waals surface area (Å²) in [7, 11) is 0. The van der Waals surface area contributed by atoms with E-state index in [4.69, 9.17) is 0 Å². The van der Waals surface area contributed by atoms with Crippen molar-refractivity contribution < 1.29 is 0 Å². The topological polar surface area (TPSA) is 9.86 Å². The Morgan fingerprint density at radius 1 is 0.913 bits per heavy atom. The fourth-order valence-corrected chi connectivity index (χ4v) is 11.0. The molecule has 0 aliphatic heterocycles. The average Bonchev–Trinajstić information content (AvgIpc) is 2.67. The summed E-state index contributed by atoms with van der Waals surface area (Å²) >= 11 is 7.11. The molecular formula is C18H29N2PSe2. The van der Waals surface area contributed by atoms with Crippen molar-refractivity contribution >= 4 is 47.4 Å². The Balaban J connectivity index is 3.07. The van der Waals surface area contributed by atoms with Crippen LogP contribution in [0, 0.1) is 4.32 Å². The van der Waals surface area contributed by atoms with Crippen molar-refractivity contribution in [1.29, 1.82) is 0 Å². The van der Waals surface area contributed by atoms with Crippen molar-refractivity contribution in [3.8, 4) is 0 Å². The zero-order valence-corrected chi connectivity index (χ0v) is 19.9. The number of nitrogens with zero attached hydrogens (tertiary/aromatic N) is 2. The first kappa shape index (κ1) is 19.5. The molecule has 0 saturated heterocycles. The maximum atomic E-state index is 3.71. The van der Waals surface area contributed by atoms with Crippen LogP contribution in [-0.4, -0.2) is 49.9 Å². The molecule has 5 heteroatoms. The molecule has 2 rings (SSSR count). The molecule has 0 amide bonds. The minimum atomic E-state index is -1.65. The van der Waals surface area contributed by atoms with Gasteiger partial charge < -0.3 is 0 Å². The van der Waals surface area contributed by atoms with Crippen LogP contribution < -0.4 is 0 Å². The molecule has 0 unspecified atom stereocenters. The monoisotopic (exact) mass is 464 g/mol. The van der Waals surface area contributed by atoms with Crippen LogP contribution in [0.2, 0.25) is 0 Å². The Morgan fingerprint density at radius 3 is 1.74 bits per heavy atom. The molecule has 0 aliphatic rings. The van der Waals surface area contributed by atoms with E-state index in [1.807, 2.05) is 0 Å². The van der Waals surface area contributed by atoms with Gasteiger partial charge in [-0.2, -0.15) is 0 Å². The van der Waals surface area contributed by atoms with Crippen LogP contribution in [-0.2, 0) is 0 Å². The van der Waals surface area contributed by atoms with E-state index in [-0.39, 0.29) is 10.3 Å². The minimum absolute atomic E-state index is 0.167. The van der Waals surface area contributed by atoms with Gasteiger partial charge in [0.1, 0.15) is 0 Å². The molecule has 0 spiro atoms. The molecule has 23 heavy (non-hydrogen) atoms. The third-order valence-corrected chi connectivity index (χ3v) is 18.0. The molecule has 0 atom stereocenters. The molecule has 2 nitrogen and oxygen atoms in total. The Morgan fingerprint density at radius 2 is 1.35 bits per heavy atom. The first-order valence-corrected chi connectivity index (χ1v) is 13.0. The molecule has 1 aromatic carbocycles. The van der Waals surface area contributed by atoms with E-state index in [0.717, 1.165) is 0 Å². The molecule has 0 radical (unpaired) electrons. The second-order valence-corrected chi connectivity index (χ2v) is 16.8. The molecule has 2 aromatic rings. The Bertz CT molecular complexity index is 811.